The van der Waals surface area contributed by atoms with Crippen LogP contribution in [0.3, 0.4) is 0 Å². The first-order valence-electron chi connectivity index (χ1n) is 8.84. The molecule has 29 heavy (non-hydrogen) atoms. The Labute approximate surface area is 168 Å². The summed E-state index contributed by atoms with van der Waals surface area (Å²) in [5.74, 6) is -0.369. The van der Waals surface area contributed by atoms with Crippen LogP contribution in [-0.4, -0.2) is 30.5 Å². The second kappa shape index (κ2) is 7.44. The molecule has 6 nitrogen and oxygen atoms in total. The lowest BCUT2D eigenvalue weighted by Crippen LogP contribution is -2.13. The van der Waals surface area contributed by atoms with Crippen LogP contribution < -0.4 is 5.32 Å². The quantitative estimate of drug-likeness (QED) is 0.557. The van der Waals surface area contributed by atoms with E-state index in [4.69, 9.17) is 0 Å². The highest BCUT2D eigenvalue weighted by atomic mass is 32.2. The number of hydrogen-bond donors (Lipinski definition) is 1. The zero-order chi connectivity index (χ0) is 20.4. The van der Waals surface area contributed by atoms with Crippen LogP contribution in [0, 0.1) is 0 Å². The lowest BCUT2D eigenvalue weighted by Gasteiger charge is -2.11. The monoisotopic (exact) mass is 403 g/mol. The molecule has 0 aliphatic carbocycles. The van der Waals surface area contributed by atoms with Gasteiger partial charge >= 0.3 is 0 Å². The number of carbonyl (C=O) groups is 1. The van der Waals surface area contributed by atoms with Crippen molar-refractivity contribution in [2.45, 2.75) is 4.90 Å². The summed E-state index contributed by atoms with van der Waals surface area (Å²) >= 11 is 0. The molecule has 4 aromatic rings. The SMILES string of the molecule is CS(=O)(=O)c1ccccc1-c1cccc2ccc(C(=O)Nc3cccnc3)nc12. The molecule has 2 aromatic carbocycles. The first-order valence-corrected chi connectivity index (χ1v) is 10.7. The second-order valence-corrected chi connectivity index (χ2v) is 8.52. The van der Waals surface area contributed by atoms with Crippen LogP contribution in [0.5, 0.6) is 0 Å². The molecule has 2 heterocycles. The number of sulfone groups is 1. The van der Waals surface area contributed by atoms with Gasteiger partial charge in [0, 0.05) is 29.0 Å². The van der Waals surface area contributed by atoms with Crippen molar-refractivity contribution in [1.29, 1.82) is 0 Å². The predicted molar refractivity (Wildman–Crippen MR) is 112 cm³/mol. The standard InChI is InChI=1S/C22H17N3O3S/c1-29(27,28)20-10-3-2-8-17(20)18-9-4-6-15-11-12-19(25-21(15)18)22(26)24-16-7-5-13-23-14-16/h2-14H,1H3,(H,24,26). The van der Waals surface area contributed by atoms with Crippen molar-refractivity contribution in [1.82, 2.24) is 9.97 Å². The molecule has 0 spiro atoms. The number of aromatic nitrogens is 2. The van der Waals surface area contributed by atoms with Gasteiger partial charge in [0.15, 0.2) is 9.84 Å². The molecule has 0 aliphatic rings. The fourth-order valence-electron chi connectivity index (χ4n) is 3.14. The number of anilines is 1. The summed E-state index contributed by atoms with van der Waals surface area (Å²) < 4.78 is 24.5. The fourth-order valence-corrected chi connectivity index (χ4v) is 4.04. The van der Waals surface area contributed by atoms with E-state index >= 15 is 0 Å². The third kappa shape index (κ3) is 3.86. The first-order chi connectivity index (χ1) is 13.9. The molecule has 4 rings (SSSR count). The van der Waals surface area contributed by atoms with Crippen molar-refractivity contribution >= 4 is 32.3 Å². The molecule has 1 N–H and O–H groups in total. The van der Waals surface area contributed by atoms with E-state index in [0.717, 1.165) is 5.39 Å². The van der Waals surface area contributed by atoms with Gasteiger partial charge in [-0.05, 0) is 24.3 Å². The Morgan fingerprint density at radius 3 is 2.45 bits per heavy atom. The molecule has 0 aliphatic heterocycles. The Balaban J connectivity index is 1.84. The minimum atomic E-state index is -3.43. The number of rotatable bonds is 4. The molecular weight excluding hydrogens is 386 g/mol. The van der Waals surface area contributed by atoms with Gasteiger partial charge < -0.3 is 5.32 Å². The van der Waals surface area contributed by atoms with E-state index in [9.17, 15) is 13.2 Å². The van der Waals surface area contributed by atoms with Gasteiger partial charge in [-0.3, -0.25) is 9.78 Å². The Kier molecular flexibility index (Phi) is 4.82. The smallest absolute Gasteiger partial charge is 0.274 e. The number of benzene rings is 2. The maximum Gasteiger partial charge on any atom is 0.274 e. The molecule has 1 amide bonds. The normalized spacial score (nSPS) is 11.3. The van der Waals surface area contributed by atoms with Crippen molar-refractivity contribution in [3.05, 3.63) is 84.8 Å². The van der Waals surface area contributed by atoms with Crippen LogP contribution in [0.15, 0.2) is 84.0 Å². The van der Waals surface area contributed by atoms with Gasteiger partial charge in [-0.15, -0.1) is 0 Å². The maximum absolute atomic E-state index is 12.6. The van der Waals surface area contributed by atoms with Gasteiger partial charge in [0.05, 0.1) is 22.3 Å². The molecule has 0 fully saturated rings. The highest BCUT2D eigenvalue weighted by Crippen LogP contribution is 2.32. The number of amides is 1. The number of hydrogen-bond acceptors (Lipinski definition) is 5. The number of para-hydroxylation sites is 1. The van der Waals surface area contributed by atoms with E-state index < -0.39 is 9.84 Å². The van der Waals surface area contributed by atoms with E-state index in [1.807, 2.05) is 18.2 Å². The van der Waals surface area contributed by atoms with Crippen LogP contribution in [0.1, 0.15) is 10.5 Å². The van der Waals surface area contributed by atoms with Crippen molar-refractivity contribution in [2.75, 3.05) is 11.6 Å². The lowest BCUT2D eigenvalue weighted by atomic mass is 10.0. The van der Waals surface area contributed by atoms with Crippen LogP contribution in [0.2, 0.25) is 0 Å². The van der Waals surface area contributed by atoms with Gasteiger partial charge in [0.25, 0.3) is 5.91 Å². The van der Waals surface area contributed by atoms with Crippen LogP contribution in [0.25, 0.3) is 22.0 Å². The molecule has 0 saturated carbocycles. The summed E-state index contributed by atoms with van der Waals surface area (Å²) in [5, 5.41) is 3.57. The van der Waals surface area contributed by atoms with Crippen molar-refractivity contribution < 1.29 is 13.2 Å². The Hall–Kier alpha value is -3.58. The molecule has 2 aromatic heterocycles. The number of pyridine rings is 2. The van der Waals surface area contributed by atoms with E-state index in [1.54, 1.807) is 60.9 Å². The minimum absolute atomic E-state index is 0.222. The summed E-state index contributed by atoms with van der Waals surface area (Å²) in [4.78, 5) is 21.4. The highest BCUT2D eigenvalue weighted by molar-refractivity contribution is 7.90. The van der Waals surface area contributed by atoms with E-state index in [-0.39, 0.29) is 16.5 Å². The number of nitrogens with zero attached hydrogens (tertiary/aromatic N) is 2. The molecule has 7 heteroatoms. The van der Waals surface area contributed by atoms with Gasteiger partial charge in [0.2, 0.25) is 0 Å². The molecule has 0 saturated heterocycles. The highest BCUT2D eigenvalue weighted by Gasteiger charge is 2.17. The summed E-state index contributed by atoms with van der Waals surface area (Å²) in [5.41, 5.74) is 2.56. The Morgan fingerprint density at radius 2 is 1.69 bits per heavy atom. The number of fused-ring (bicyclic) bond motifs is 1. The predicted octanol–water partition coefficient (Wildman–Crippen LogP) is 3.95. The largest absolute Gasteiger partial charge is 0.319 e. The average molecular weight is 403 g/mol. The van der Waals surface area contributed by atoms with E-state index in [1.165, 1.54) is 6.26 Å². The van der Waals surface area contributed by atoms with Gasteiger partial charge in [-0.2, -0.15) is 0 Å². The van der Waals surface area contributed by atoms with Crippen molar-refractivity contribution in [3.8, 4) is 11.1 Å². The summed E-state index contributed by atoms with van der Waals surface area (Å²) in [6.45, 7) is 0. The number of carbonyl (C=O) groups excluding carboxylic acids is 1. The Bertz CT molecular complexity index is 1320. The maximum atomic E-state index is 12.6. The molecule has 0 radical (unpaired) electrons. The molecule has 0 bridgehead atoms. The van der Waals surface area contributed by atoms with Crippen molar-refractivity contribution in [2.24, 2.45) is 0 Å². The summed E-state index contributed by atoms with van der Waals surface area (Å²) in [6, 6.07) is 19.2. The zero-order valence-electron chi connectivity index (χ0n) is 15.5. The van der Waals surface area contributed by atoms with E-state index in [2.05, 4.69) is 15.3 Å². The molecule has 144 valence electrons. The van der Waals surface area contributed by atoms with Crippen LogP contribution in [-0.2, 0) is 9.84 Å². The van der Waals surface area contributed by atoms with E-state index in [0.29, 0.717) is 22.3 Å². The Morgan fingerprint density at radius 1 is 0.897 bits per heavy atom. The third-order valence-corrected chi connectivity index (χ3v) is 5.60. The van der Waals surface area contributed by atoms with Gasteiger partial charge in [-0.1, -0.05) is 42.5 Å². The number of nitrogens with one attached hydrogen (secondary N) is 1. The summed E-state index contributed by atoms with van der Waals surface area (Å²) in [6.07, 6.45) is 4.35. The third-order valence-electron chi connectivity index (χ3n) is 4.45. The second-order valence-electron chi connectivity index (χ2n) is 6.54. The minimum Gasteiger partial charge on any atom is -0.319 e. The summed E-state index contributed by atoms with van der Waals surface area (Å²) in [7, 11) is -3.43. The first kappa shape index (κ1) is 18.8. The van der Waals surface area contributed by atoms with Gasteiger partial charge in [0.1, 0.15) is 5.69 Å². The molecular formula is C22H17N3O3S. The van der Waals surface area contributed by atoms with Crippen LogP contribution >= 0.6 is 0 Å². The van der Waals surface area contributed by atoms with Crippen molar-refractivity contribution in [3.63, 3.8) is 0 Å². The van der Waals surface area contributed by atoms with Gasteiger partial charge in [-0.25, -0.2) is 13.4 Å². The topological polar surface area (TPSA) is 89.0 Å². The lowest BCUT2D eigenvalue weighted by molar-refractivity contribution is 0.102. The fraction of sp³-hybridized carbons (Fsp3) is 0.0455. The van der Waals surface area contributed by atoms with Crippen LogP contribution in [0.4, 0.5) is 5.69 Å². The molecule has 0 atom stereocenters. The average Bonchev–Trinajstić information content (AvgIpc) is 2.73. The zero-order valence-corrected chi connectivity index (χ0v) is 16.3. The molecule has 0 unspecified atom stereocenters.